The highest BCUT2D eigenvalue weighted by Crippen LogP contribution is 1.75. The van der Waals surface area contributed by atoms with Crippen molar-refractivity contribution in [1.29, 1.82) is 0 Å². The topological polar surface area (TPSA) is 54.4 Å². The zero-order valence-electron chi connectivity index (χ0n) is 4.38. The van der Waals surface area contributed by atoms with E-state index >= 15 is 0 Å². The first kappa shape index (κ1) is 7.47. The van der Waals surface area contributed by atoms with E-state index in [9.17, 15) is 8.42 Å². The van der Waals surface area contributed by atoms with Crippen LogP contribution in [0.2, 0.25) is 0 Å². The van der Waals surface area contributed by atoms with Crippen molar-refractivity contribution >= 4 is 10.1 Å². The number of rotatable bonds is 0. The van der Waals surface area contributed by atoms with Gasteiger partial charge in [-0.05, 0) is 0 Å². The van der Waals surface area contributed by atoms with Crippen LogP contribution >= 0.6 is 0 Å². The number of hydrogen-bond donors (Lipinski definition) is 1. The minimum absolute atomic E-state index is 0.430. The van der Waals surface area contributed by atoms with Gasteiger partial charge in [0.1, 0.15) is 0 Å². The molecule has 0 unspecified atom stereocenters. The molecule has 0 aromatic heterocycles. The highest BCUT2D eigenvalue weighted by molar-refractivity contribution is 7.90. The van der Waals surface area contributed by atoms with Crippen molar-refractivity contribution in [2.75, 3.05) is 0 Å². The molecule has 4 heteroatoms. The van der Waals surface area contributed by atoms with E-state index in [1.807, 2.05) is 0 Å². The molecule has 0 saturated carbocycles. The van der Waals surface area contributed by atoms with Gasteiger partial charge in [-0.2, -0.15) is 8.42 Å². The summed E-state index contributed by atoms with van der Waals surface area (Å²) >= 11 is 0. The summed E-state index contributed by atoms with van der Waals surface area (Å²) < 4.78 is 27.5. The molecular weight excluding hydrogens is 128 g/mol. The molecule has 0 aliphatic heterocycles. The van der Waals surface area contributed by atoms with Gasteiger partial charge in [0, 0.05) is 6.42 Å². The molecule has 0 aromatic rings. The maximum Gasteiger partial charge on any atom is 0.335 e. The van der Waals surface area contributed by atoms with Gasteiger partial charge in [-0.3, -0.25) is 4.55 Å². The first-order valence-corrected chi connectivity index (χ1v) is 3.47. The average molecular weight is 134 g/mol. The first-order valence-electron chi connectivity index (χ1n) is 2.03. The van der Waals surface area contributed by atoms with Crippen LogP contribution in [0.25, 0.3) is 0 Å². The Morgan fingerprint density at radius 2 is 2.12 bits per heavy atom. The van der Waals surface area contributed by atoms with Crippen LogP contribution in [0.4, 0.5) is 0 Å². The summed E-state index contributed by atoms with van der Waals surface area (Å²) in [6, 6.07) is 0. The molecule has 0 saturated heterocycles. The second-order valence-corrected chi connectivity index (χ2v) is 2.26. The molecule has 0 spiro atoms. The number of hydrogen-bond acceptors (Lipinski definition) is 2. The maximum absolute atomic E-state index is 9.77. The molecule has 0 bridgehead atoms. The molecule has 0 aliphatic carbocycles. The molecule has 0 aromatic carbocycles. The SMILES string of the molecule is CCC#CS(=O)(=O)O. The molecule has 0 amide bonds. The van der Waals surface area contributed by atoms with E-state index < -0.39 is 10.1 Å². The normalized spacial score (nSPS) is 9.75. The standard InChI is InChI=1S/C4H6O3S/c1-2-3-4-8(5,6)7/h2H2,1H3,(H,5,6,7). The van der Waals surface area contributed by atoms with Gasteiger partial charge in [-0.25, -0.2) is 0 Å². The Kier molecular flexibility index (Phi) is 2.52. The largest absolute Gasteiger partial charge is 0.335 e. The summed E-state index contributed by atoms with van der Waals surface area (Å²) in [7, 11) is -4.05. The van der Waals surface area contributed by atoms with Crippen LogP contribution in [-0.4, -0.2) is 13.0 Å². The van der Waals surface area contributed by atoms with Crippen molar-refractivity contribution in [3.8, 4) is 11.2 Å². The van der Waals surface area contributed by atoms with Gasteiger partial charge in [0.15, 0.2) is 0 Å². The summed E-state index contributed by atoms with van der Waals surface area (Å²) in [5.41, 5.74) is 0. The maximum atomic E-state index is 9.77. The Morgan fingerprint density at radius 3 is 2.25 bits per heavy atom. The van der Waals surface area contributed by atoms with E-state index in [-0.39, 0.29) is 0 Å². The third-order valence-electron chi connectivity index (χ3n) is 0.378. The quantitative estimate of drug-likeness (QED) is 0.381. The highest BCUT2D eigenvalue weighted by atomic mass is 32.2. The van der Waals surface area contributed by atoms with Crippen LogP contribution in [0.1, 0.15) is 13.3 Å². The van der Waals surface area contributed by atoms with Crippen LogP contribution in [0.3, 0.4) is 0 Å². The van der Waals surface area contributed by atoms with Crippen molar-refractivity contribution < 1.29 is 13.0 Å². The molecule has 0 atom stereocenters. The van der Waals surface area contributed by atoms with E-state index in [1.54, 1.807) is 12.2 Å². The van der Waals surface area contributed by atoms with Crippen molar-refractivity contribution in [2.45, 2.75) is 13.3 Å². The predicted octanol–water partition coefficient (Wildman–Crippen LogP) is 0.245. The Balaban J connectivity index is 4.12. The predicted molar refractivity (Wildman–Crippen MR) is 29.6 cm³/mol. The summed E-state index contributed by atoms with van der Waals surface area (Å²) in [4.78, 5) is 0. The van der Waals surface area contributed by atoms with Crippen molar-refractivity contribution in [3.63, 3.8) is 0 Å². The fourth-order valence-corrected chi connectivity index (χ4v) is 0.490. The second kappa shape index (κ2) is 2.70. The van der Waals surface area contributed by atoms with E-state index in [4.69, 9.17) is 4.55 Å². The monoisotopic (exact) mass is 134 g/mol. The molecule has 8 heavy (non-hydrogen) atoms. The first-order chi connectivity index (χ1) is 3.56. The zero-order chi connectivity index (χ0) is 6.62. The van der Waals surface area contributed by atoms with Gasteiger partial charge >= 0.3 is 10.1 Å². The summed E-state index contributed by atoms with van der Waals surface area (Å²) in [6.07, 6.45) is 0.430. The second-order valence-electron chi connectivity index (χ2n) is 1.11. The van der Waals surface area contributed by atoms with Gasteiger partial charge in [0.25, 0.3) is 0 Å². The summed E-state index contributed by atoms with van der Waals surface area (Å²) in [5, 5.41) is 1.65. The molecule has 3 nitrogen and oxygen atoms in total. The summed E-state index contributed by atoms with van der Waals surface area (Å²) in [6.45, 7) is 1.69. The molecule has 1 N–H and O–H groups in total. The minimum Gasteiger partial charge on any atom is -0.276 e. The molecule has 0 fully saturated rings. The Hall–Kier alpha value is -0.530. The lowest BCUT2D eigenvalue weighted by atomic mass is 10.5. The fraction of sp³-hybridized carbons (Fsp3) is 0.500. The molecule has 0 aliphatic rings. The van der Waals surface area contributed by atoms with Gasteiger partial charge in [0.05, 0.1) is 5.25 Å². The van der Waals surface area contributed by atoms with Crippen LogP contribution in [0, 0.1) is 11.2 Å². The van der Waals surface area contributed by atoms with Gasteiger partial charge in [-0.15, -0.1) is 0 Å². The van der Waals surface area contributed by atoms with Crippen LogP contribution < -0.4 is 0 Å². The molecule has 0 rings (SSSR count). The van der Waals surface area contributed by atoms with Crippen LogP contribution in [0.5, 0.6) is 0 Å². The molecular formula is C4H6O3S. The van der Waals surface area contributed by atoms with E-state index in [1.165, 1.54) is 0 Å². The molecule has 0 heterocycles. The Morgan fingerprint density at radius 1 is 1.62 bits per heavy atom. The Labute approximate surface area is 48.5 Å². The Bertz CT molecular complexity index is 203. The van der Waals surface area contributed by atoms with Crippen molar-refractivity contribution in [3.05, 3.63) is 0 Å². The summed E-state index contributed by atoms with van der Waals surface area (Å²) in [5.74, 6) is 2.20. The molecule has 0 radical (unpaired) electrons. The lowest BCUT2D eigenvalue weighted by Crippen LogP contribution is -1.89. The van der Waals surface area contributed by atoms with Crippen LogP contribution in [0.15, 0.2) is 0 Å². The molecule has 46 valence electrons. The zero-order valence-corrected chi connectivity index (χ0v) is 5.20. The van der Waals surface area contributed by atoms with Gasteiger partial charge in [0.2, 0.25) is 0 Å². The van der Waals surface area contributed by atoms with Gasteiger partial charge in [-0.1, -0.05) is 12.8 Å². The van der Waals surface area contributed by atoms with Crippen molar-refractivity contribution in [2.24, 2.45) is 0 Å². The highest BCUT2D eigenvalue weighted by Gasteiger charge is 1.91. The average Bonchev–Trinajstić information content (AvgIpc) is 1.59. The minimum atomic E-state index is -4.05. The van der Waals surface area contributed by atoms with E-state index in [0.717, 1.165) is 0 Å². The fourth-order valence-electron chi connectivity index (χ4n) is 0.163. The van der Waals surface area contributed by atoms with Crippen molar-refractivity contribution in [1.82, 2.24) is 0 Å². The van der Waals surface area contributed by atoms with E-state index in [0.29, 0.717) is 6.42 Å². The smallest absolute Gasteiger partial charge is 0.276 e. The lowest BCUT2D eigenvalue weighted by molar-refractivity contribution is 0.496. The third kappa shape index (κ3) is 5.47. The van der Waals surface area contributed by atoms with Crippen LogP contribution in [-0.2, 0) is 10.1 Å². The third-order valence-corrected chi connectivity index (χ3v) is 0.780. The van der Waals surface area contributed by atoms with E-state index in [2.05, 4.69) is 5.92 Å². The van der Waals surface area contributed by atoms with Gasteiger partial charge < -0.3 is 0 Å². The lowest BCUT2D eigenvalue weighted by Gasteiger charge is -1.73.